The summed E-state index contributed by atoms with van der Waals surface area (Å²) in [4.78, 5) is 20.7. The number of nitrogens with zero attached hydrogens (tertiary/aromatic N) is 3. The second-order valence-electron chi connectivity index (χ2n) is 6.96. The fourth-order valence-electron chi connectivity index (χ4n) is 3.50. The average Bonchev–Trinajstić information content (AvgIpc) is 2.87. The lowest BCUT2D eigenvalue weighted by molar-refractivity contribution is 0.0368. The monoisotopic (exact) mass is 364 g/mol. The first-order chi connectivity index (χ1) is 11.8. The van der Waals surface area contributed by atoms with Crippen LogP contribution in [0.15, 0.2) is 30.0 Å². The van der Waals surface area contributed by atoms with E-state index in [1.165, 1.54) is 11.8 Å². The summed E-state index contributed by atoms with van der Waals surface area (Å²) in [5, 5.41) is 0. The van der Waals surface area contributed by atoms with E-state index < -0.39 is 9.84 Å². The fraction of sp³-hybridized carbons (Fsp3) is 0.529. The topological polar surface area (TPSA) is 96.6 Å². The molecule has 8 heteroatoms. The van der Waals surface area contributed by atoms with Crippen molar-refractivity contribution in [2.45, 2.75) is 25.9 Å². The minimum absolute atomic E-state index is 0.0249. The van der Waals surface area contributed by atoms with Crippen LogP contribution in [0.4, 0.5) is 5.82 Å². The highest BCUT2D eigenvalue weighted by Crippen LogP contribution is 2.28. The Morgan fingerprint density at radius 3 is 2.64 bits per heavy atom. The zero-order chi connectivity index (χ0) is 18.2. The summed E-state index contributed by atoms with van der Waals surface area (Å²) >= 11 is 0. The van der Waals surface area contributed by atoms with Gasteiger partial charge in [0.25, 0.3) is 5.91 Å². The van der Waals surface area contributed by atoms with Crippen LogP contribution >= 0.6 is 0 Å². The molecule has 0 radical (unpaired) electrons. The number of fused-ring (bicyclic) bond motifs is 1. The Labute approximate surface area is 148 Å². The molecule has 136 valence electrons. The van der Waals surface area contributed by atoms with E-state index in [9.17, 15) is 13.2 Å². The van der Waals surface area contributed by atoms with Crippen LogP contribution < -0.4 is 5.73 Å². The van der Waals surface area contributed by atoms with E-state index in [2.05, 4.69) is 16.0 Å². The van der Waals surface area contributed by atoms with Gasteiger partial charge < -0.3 is 10.6 Å². The number of aromatic nitrogens is 1. The number of sulfone groups is 1. The molecule has 0 aliphatic carbocycles. The van der Waals surface area contributed by atoms with Gasteiger partial charge in [0, 0.05) is 31.9 Å². The van der Waals surface area contributed by atoms with Gasteiger partial charge in [0.05, 0.1) is 23.1 Å². The van der Waals surface area contributed by atoms with Gasteiger partial charge in [-0.2, -0.15) is 0 Å². The molecule has 25 heavy (non-hydrogen) atoms. The van der Waals surface area contributed by atoms with Gasteiger partial charge in [-0.1, -0.05) is 11.6 Å². The van der Waals surface area contributed by atoms with Crippen LogP contribution in [0.5, 0.6) is 0 Å². The lowest BCUT2D eigenvalue weighted by atomic mass is 10.0. The summed E-state index contributed by atoms with van der Waals surface area (Å²) in [7, 11) is -3.15. The summed E-state index contributed by atoms with van der Waals surface area (Å²) in [5.41, 5.74) is 7.21. The first kappa shape index (κ1) is 17.9. The predicted octanol–water partition coefficient (Wildman–Crippen LogP) is 0.553. The van der Waals surface area contributed by atoms with E-state index in [-0.39, 0.29) is 29.5 Å². The minimum atomic E-state index is -3.15. The second-order valence-corrected chi connectivity index (χ2v) is 9.11. The van der Waals surface area contributed by atoms with Crippen molar-refractivity contribution in [3.05, 3.63) is 35.5 Å². The maximum atomic E-state index is 12.9. The van der Waals surface area contributed by atoms with Crippen LogP contribution in [-0.4, -0.2) is 72.3 Å². The number of nitrogen functional groups attached to an aromatic ring is 1. The van der Waals surface area contributed by atoms with Crippen molar-refractivity contribution >= 4 is 21.6 Å². The Hall–Kier alpha value is -1.93. The van der Waals surface area contributed by atoms with E-state index >= 15 is 0 Å². The van der Waals surface area contributed by atoms with Crippen molar-refractivity contribution in [1.82, 2.24) is 14.8 Å². The number of allylic oxidation sites excluding steroid dienone is 1. The third-order valence-electron chi connectivity index (χ3n) is 4.82. The molecule has 2 aliphatic heterocycles. The van der Waals surface area contributed by atoms with E-state index in [0.717, 1.165) is 0 Å². The number of amides is 1. The van der Waals surface area contributed by atoms with Gasteiger partial charge in [0.15, 0.2) is 9.84 Å². The van der Waals surface area contributed by atoms with Crippen molar-refractivity contribution in [2.75, 3.05) is 36.9 Å². The molecule has 2 saturated heterocycles. The maximum Gasteiger partial charge on any atom is 0.255 e. The molecule has 2 aliphatic rings. The standard InChI is InChI=1S/C17H24N4O3S/c1-12(2)5-6-20-7-8-21(15-11-25(23,24)10-14(15)20)17(22)13-3-4-16(18)19-9-13/h3-5,9,14-15H,6-8,10-11H2,1-2H3,(H2,18,19)/t14-,15+/m0/s1. The molecule has 0 spiro atoms. The van der Waals surface area contributed by atoms with E-state index in [1.807, 2.05) is 13.8 Å². The Bertz CT molecular complexity index is 785. The van der Waals surface area contributed by atoms with Crippen LogP contribution in [-0.2, 0) is 9.84 Å². The number of nitrogens with two attached hydrogens (primary N) is 1. The number of carbonyl (C=O) groups is 1. The zero-order valence-corrected chi connectivity index (χ0v) is 15.4. The Morgan fingerprint density at radius 1 is 1.28 bits per heavy atom. The van der Waals surface area contributed by atoms with Crippen molar-refractivity contribution < 1.29 is 13.2 Å². The third kappa shape index (κ3) is 3.85. The van der Waals surface area contributed by atoms with E-state index in [0.29, 0.717) is 31.0 Å². The molecule has 0 aromatic carbocycles. The first-order valence-electron chi connectivity index (χ1n) is 8.37. The van der Waals surface area contributed by atoms with Gasteiger partial charge in [0.1, 0.15) is 5.82 Å². The SMILES string of the molecule is CC(C)=CCN1CCN(C(=O)c2ccc(N)nc2)[C@@H]2CS(=O)(=O)C[C@@H]21. The number of hydrogen-bond donors (Lipinski definition) is 1. The first-order valence-corrected chi connectivity index (χ1v) is 10.2. The van der Waals surface area contributed by atoms with Crippen LogP contribution in [0.25, 0.3) is 0 Å². The predicted molar refractivity (Wildman–Crippen MR) is 96.9 cm³/mol. The molecule has 2 atom stereocenters. The number of rotatable bonds is 3. The molecule has 2 N–H and O–H groups in total. The van der Waals surface area contributed by atoms with Crippen molar-refractivity contribution in [2.24, 2.45) is 0 Å². The van der Waals surface area contributed by atoms with Gasteiger partial charge in [-0.15, -0.1) is 0 Å². The van der Waals surface area contributed by atoms with Gasteiger partial charge >= 0.3 is 0 Å². The molecule has 3 rings (SSSR count). The van der Waals surface area contributed by atoms with Gasteiger partial charge in [-0.05, 0) is 26.0 Å². The highest BCUT2D eigenvalue weighted by molar-refractivity contribution is 7.91. The van der Waals surface area contributed by atoms with E-state index in [1.54, 1.807) is 17.0 Å². The van der Waals surface area contributed by atoms with Crippen molar-refractivity contribution in [3.63, 3.8) is 0 Å². The highest BCUT2D eigenvalue weighted by atomic mass is 32.2. The molecule has 1 amide bonds. The number of anilines is 1. The third-order valence-corrected chi connectivity index (χ3v) is 6.52. The lowest BCUT2D eigenvalue weighted by Gasteiger charge is -2.43. The quantitative estimate of drug-likeness (QED) is 0.787. The largest absolute Gasteiger partial charge is 0.384 e. The minimum Gasteiger partial charge on any atom is -0.384 e. The summed E-state index contributed by atoms with van der Waals surface area (Å²) in [6, 6.07) is 2.76. The number of piperazine rings is 1. The zero-order valence-electron chi connectivity index (χ0n) is 14.6. The summed E-state index contributed by atoms with van der Waals surface area (Å²) in [6.07, 6.45) is 3.55. The Morgan fingerprint density at radius 2 is 2.00 bits per heavy atom. The smallest absolute Gasteiger partial charge is 0.255 e. The second kappa shape index (κ2) is 6.76. The molecule has 0 unspecified atom stereocenters. The van der Waals surface area contributed by atoms with Crippen LogP contribution in [0.2, 0.25) is 0 Å². The Balaban J connectivity index is 1.84. The molecule has 0 bridgehead atoms. The molecule has 1 aromatic heterocycles. The maximum absolute atomic E-state index is 12.9. The molecule has 3 heterocycles. The summed E-state index contributed by atoms with van der Waals surface area (Å²) in [6.45, 7) is 5.93. The highest BCUT2D eigenvalue weighted by Gasteiger charge is 2.47. The van der Waals surface area contributed by atoms with Crippen molar-refractivity contribution in [1.29, 1.82) is 0 Å². The number of hydrogen-bond acceptors (Lipinski definition) is 6. The van der Waals surface area contributed by atoms with Crippen LogP contribution in [0.3, 0.4) is 0 Å². The molecule has 7 nitrogen and oxygen atoms in total. The fourth-order valence-corrected chi connectivity index (χ4v) is 5.51. The summed E-state index contributed by atoms with van der Waals surface area (Å²) in [5.74, 6) is 0.306. The lowest BCUT2D eigenvalue weighted by Crippen LogP contribution is -2.60. The number of pyridine rings is 1. The molecule has 0 saturated carbocycles. The molecule has 1 aromatic rings. The van der Waals surface area contributed by atoms with Crippen LogP contribution in [0, 0.1) is 0 Å². The molecular weight excluding hydrogens is 340 g/mol. The summed E-state index contributed by atoms with van der Waals surface area (Å²) < 4.78 is 24.4. The molecule has 2 fully saturated rings. The Kier molecular flexibility index (Phi) is 4.83. The van der Waals surface area contributed by atoms with Crippen molar-refractivity contribution in [3.8, 4) is 0 Å². The van der Waals surface area contributed by atoms with E-state index in [4.69, 9.17) is 5.73 Å². The normalized spacial score (nSPS) is 25.4. The van der Waals surface area contributed by atoms with Gasteiger partial charge in [-0.3, -0.25) is 9.69 Å². The average molecular weight is 364 g/mol. The van der Waals surface area contributed by atoms with Gasteiger partial charge in [0.2, 0.25) is 0 Å². The van der Waals surface area contributed by atoms with Crippen LogP contribution in [0.1, 0.15) is 24.2 Å². The number of carbonyl (C=O) groups excluding carboxylic acids is 1. The molecular formula is C17H24N4O3S. The van der Waals surface area contributed by atoms with Gasteiger partial charge in [-0.25, -0.2) is 13.4 Å².